The van der Waals surface area contributed by atoms with Crippen LogP contribution in [0.4, 0.5) is 0 Å². The molecule has 18 heavy (non-hydrogen) atoms. The predicted octanol–water partition coefficient (Wildman–Crippen LogP) is 3.33. The van der Waals surface area contributed by atoms with Crippen molar-refractivity contribution in [3.8, 4) is 0 Å². The van der Waals surface area contributed by atoms with Crippen LogP contribution in [0.2, 0.25) is 5.02 Å². The number of nitrogens with zero attached hydrogens (tertiary/aromatic N) is 1. The second-order valence-corrected chi connectivity index (χ2v) is 5.01. The van der Waals surface area contributed by atoms with E-state index >= 15 is 0 Å². The molecule has 0 aliphatic carbocycles. The molecule has 0 atom stereocenters. The Morgan fingerprint density at radius 3 is 2.89 bits per heavy atom. The number of aromatic nitrogens is 1. The summed E-state index contributed by atoms with van der Waals surface area (Å²) in [5.41, 5.74) is 1.32. The number of rotatable bonds is 3. The molecule has 0 aliphatic rings. The van der Waals surface area contributed by atoms with Crippen LogP contribution in [0.25, 0.3) is 0 Å². The zero-order valence-electron chi connectivity index (χ0n) is 9.54. The Hall–Kier alpha value is -1.33. The van der Waals surface area contributed by atoms with E-state index in [1.54, 1.807) is 24.3 Å². The number of benzene rings is 1. The summed E-state index contributed by atoms with van der Waals surface area (Å²) in [6, 6.07) is 6.77. The molecule has 1 heterocycles. The Bertz CT molecular complexity index is 583. The van der Waals surface area contributed by atoms with Crippen molar-refractivity contribution in [3.05, 3.63) is 50.8 Å². The van der Waals surface area contributed by atoms with Crippen LogP contribution in [0.5, 0.6) is 0 Å². The monoisotopic (exact) mass is 328 g/mol. The number of aryl methyl sites for hydroxylation is 1. The third kappa shape index (κ3) is 3.11. The van der Waals surface area contributed by atoms with Gasteiger partial charge in [-0.2, -0.15) is 0 Å². The summed E-state index contributed by atoms with van der Waals surface area (Å²) in [6.07, 6.45) is 0. The van der Waals surface area contributed by atoms with Gasteiger partial charge in [0.1, 0.15) is 0 Å². The number of amides is 1. The third-order valence-corrected chi connectivity index (χ3v) is 3.50. The lowest BCUT2D eigenvalue weighted by Crippen LogP contribution is -2.22. The van der Waals surface area contributed by atoms with Crippen molar-refractivity contribution in [3.63, 3.8) is 0 Å². The Balaban J connectivity index is 2.01. The van der Waals surface area contributed by atoms with Gasteiger partial charge in [-0.15, -0.1) is 0 Å². The molecule has 0 saturated heterocycles. The first-order valence-electron chi connectivity index (χ1n) is 5.21. The number of halogens is 2. The molecule has 1 aromatic heterocycles. The fraction of sp³-hybridized carbons (Fsp3) is 0.167. The summed E-state index contributed by atoms with van der Waals surface area (Å²) in [7, 11) is 0. The van der Waals surface area contributed by atoms with Gasteiger partial charge in [0.25, 0.3) is 5.91 Å². The first kappa shape index (κ1) is 13.1. The second kappa shape index (κ2) is 5.54. The van der Waals surface area contributed by atoms with E-state index < -0.39 is 0 Å². The van der Waals surface area contributed by atoms with Crippen LogP contribution in [0.15, 0.2) is 33.3 Å². The molecule has 4 nitrogen and oxygen atoms in total. The number of hydrogen-bond donors (Lipinski definition) is 1. The Labute approximate surface area is 117 Å². The van der Waals surface area contributed by atoms with E-state index in [1.165, 1.54) is 0 Å². The molecule has 2 rings (SSSR count). The van der Waals surface area contributed by atoms with Crippen molar-refractivity contribution in [2.45, 2.75) is 13.5 Å². The van der Waals surface area contributed by atoms with Gasteiger partial charge in [-0.1, -0.05) is 16.8 Å². The lowest BCUT2D eigenvalue weighted by Gasteiger charge is -2.04. The van der Waals surface area contributed by atoms with Crippen molar-refractivity contribution in [2.24, 2.45) is 0 Å². The van der Waals surface area contributed by atoms with Gasteiger partial charge in [-0.3, -0.25) is 4.79 Å². The minimum Gasteiger partial charge on any atom is -0.359 e. The van der Waals surface area contributed by atoms with Crippen molar-refractivity contribution in [2.75, 3.05) is 0 Å². The highest BCUT2D eigenvalue weighted by Gasteiger charge is 2.09. The standard InChI is InChI=1S/C12H10BrClN2O2/c1-7-4-9(18-16-7)6-15-12(17)8-2-3-11(14)10(13)5-8/h2-5H,6H2,1H3,(H,15,17). The van der Waals surface area contributed by atoms with Crippen LogP contribution in [0, 0.1) is 6.92 Å². The molecule has 0 fully saturated rings. The van der Waals surface area contributed by atoms with Gasteiger partial charge >= 0.3 is 0 Å². The number of carbonyl (C=O) groups excluding carboxylic acids is 1. The maximum Gasteiger partial charge on any atom is 0.251 e. The van der Waals surface area contributed by atoms with Crippen LogP contribution in [0.3, 0.4) is 0 Å². The van der Waals surface area contributed by atoms with Crippen LogP contribution in [-0.4, -0.2) is 11.1 Å². The van der Waals surface area contributed by atoms with Crippen molar-refractivity contribution in [1.29, 1.82) is 0 Å². The van der Waals surface area contributed by atoms with Gasteiger partial charge < -0.3 is 9.84 Å². The maximum atomic E-state index is 11.9. The van der Waals surface area contributed by atoms with E-state index in [0.29, 0.717) is 27.4 Å². The van der Waals surface area contributed by atoms with Crippen LogP contribution in [-0.2, 0) is 6.54 Å². The zero-order chi connectivity index (χ0) is 13.1. The number of nitrogens with one attached hydrogen (secondary N) is 1. The van der Waals surface area contributed by atoms with Gasteiger partial charge in [-0.25, -0.2) is 0 Å². The lowest BCUT2D eigenvalue weighted by atomic mass is 10.2. The summed E-state index contributed by atoms with van der Waals surface area (Å²) in [5.74, 6) is 0.426. The molecule has 0 aliphatic heterocycles. The van der Waals surface area contributed by atoms with Crippen molar-refractivity contribution in [1.82, 2.24) is 10.5 Å². The molecule has 6 heteroatoms. The summed E-state index contributed by atoms with van der Waals surface area (Å²) in [5, 5.41) is 7.05. The molecule has 0 unspecified atom stereocenters. The minimum atomic E-state index is -0.193. The molecule has 2 aromatic rings. The number of carbonyl (C=O) groups is 1. The Kier molecular flexibility index (Phi) is 4.04. The predicted molar refractivity (Wildman–Crippen MR) is 71.6 cm³/mol. The highest BCUT2D eigenvalue weighted by molar-refractivity contribution is 9.10. The molecular formula is C12H10BrClN2O2. The van der Waals surface area contributed by atoms with Crippen molar-refractivity contribution < 1.29 is 9.32 Å². The van der Waals surface area contributed by atoms with Crippen molar-refractivity contribution >= 4 is 33.4 Å². The minimum absolute atomic E-state index is 0.193. The average molecular weight is 330 g/mol. The van der Waals surface area contributed by atoms with E-state index in [-0.39, 0.29) is 5.91 Å². The molecule has 0 spiro atoms. The van der Waals surface area contributed by atoms with E-state index in [1.807, 2.05) is 6.92 Å². The van der Waals surface area contributed by atoms with Crippen LogP contribution in [0.1, 0.15) is 21.8 Å². The highest BCUT2D eigenvalue weighted by atomic mass is 79.9. The fourth-order valence-corrected chi connectivity index (χ4v) is 1.90. The summed E-state index contributed by atoms with van der Waals surface area (Å²) in [6.45, 7) is 2.13. The van der Waals surface area contributed by atoms with Gasteiger partial charge in [0.15, 0.2) is 5.76 Å². The number of hydrogen-bond acceptors (Lipinski definition) is 3. The SMILES string of the molecule is Cc1cc(CNC(=O)c2ccc(Cl)c(Br)c2)on1. The van der Waals surface area contributed by atoms with Crippen LogP contribution < -0.4 is 5.32 Å². The lowest BCUT2D eigenvalue weighted by molar-refractivity contribution is 0.0947. The summed E-state index contributed by atoms with van der Waals surface area (Å²) in [4.78, 5) is 11.9. The van der Waals surface area contributed by atoms with E-state index in [2.05, 4.69) is 26.4 Å². The van der Waals surface area contributed by atoms with Gasteiger partial charge in [0, 0.05) is 16.1 Å². The largest absolute Gasteiger partial charge is 0.359 e. The molecule has 0 saturated carbocycles. The molecule has 94 valence electrons. The smallest absolute Gasteiger partial charge is 0.251 e. The third-order valence-electron chi connectivity index (χ3n) is 2.28. The van der Waals surface area contributed by atoms with Gasteiger partial charge in [-0.05, 0) is 41.1 Å². The topological polar surface area (TPSA) is 55.1 Å². The maximum absolute atomic E-state index is 11.9. The normalized spacial score (nSPS) is 10.4. The summed E-state index contributed by atoms with van der Waals surface area (Å²) < 4.78 is 5.69. The second-order valence-electron chi connectivity index (χ2n) is 3.75. The quantitative estimate of drug-likeness (QED) is 0.939. The molecule has 0 bridgehead atoms. The Morgan fingerprint density at radius 1 is 1.50 bits per heavy atom. The molecule has 1 amide bonds. The fourth-order valence-electron chi connectivity index (χ4n) is 1.41. The first-order chi connectivity index (χ1) is 8.56. The van der Waals surface area contributed by atoms with E-state index in [0.717, 1.165) is 5.69 Å². The molecular weight excluding hydrogens is 320 g/mol. The van der Waals surface area contributed by atoms with E-state index in [4.69, 9.17) is 16.1 Å². The van der Waals surface area contributed by atoms with E-state index in [9.17, 15) is 4.79 Å². The van der Waals surface area contributed by atoms with Gasteiger partial charge in [0.2, 0.25) is 0 Å². The highest BCUT2D eigenvalue weighted by Crippen LogP contribution is 2.23. The van der Waals surface area contributed by atoms with Crippen LogP contribution >= 0.6 is 27.5 Å². The zero-order valence-corrected chi connectivity index (χ0v) is 11.9. The molecule has 1 aromatic carbocycles. The average Bonchev–Trinajstić information content (AvgIpc) is 2.75. The summed E-state index contributed by atoms with van der Waals surface area (Å²) >= 11 is 9.13. The Morgan fingerprint density at radius 2 is 2.28 bits per heavy atom. The van der Waals surface area contributed by atoms with Gasteiger partial charge in [0.05, 0.1) is 17.3 Å². The molecule has 0 radical (unpaired) electrons. The molecule has 1 N–H and O–H groups in total. The first-order valence-corrected chi connectivity index (χ1v) is 6.39.